The smallest absolute Gasteiger partial charge is 0.162 e. The number of carbonyl (C=O) groups excluding carboxylic acids is 1. The van der Waals surface area contributed by atoms with Gasteiger partial charge in [-0.1, -0.05) is 50.1 Å². The van der Waals surface area contributed by atoms with Gasteiger partial charge in [0.15, 0.2) is 5.78 Å². The molecule has 0 radical (unpaired) electrons. The molecular formula is C18H24ClNO. The van der Waals surface area contributed by atoms with Crippen molar-refractivity contribution in [2.45, 2.75) is 33.1 Å². The molecule has 0 spiro atoms. The van der Waals surface area contributed by atoms with Gasteiger partial charge in [-0.15, -0.1) is 0 Å². The van der Waals surface area contributed by atoms with E-state index in [1.54, 1.807) is 6.08 Å². The maximum absolute atomic E-state index is 12.4. The first kappa shape index (κ1) is 16.3. The molecule has 0 bridgehead atoms. The highest BCUT2D eigenvalue weighted by atomic mass is 35.5. The molecule has 1 aromatic rings. The molecule has 2 nitrogen and oxygen atoms in total. The van der Waals surface area contributed by atoms with Gasteiger partial charge in [0.2, 0.25) is 0 Å². The lowest BCUT2D eigenvalue weighted by molar-refractivity contribution is -0.123. The molecule has 1 aliphatic rings. The predicted molar refractivity (Wildman–Crippen MR) is 89.6 cm³/mol. The molecule has 1 fully saturated rings. The van der Waals surface area contributed by atoms with Crippen molar-refractivity contribution in [1.82, 2.24) is 4.90 Å². The summed E-state index contributed by atoms with van der Waals surface area (Å²) in [5, 5.41) is 0.712. The van der Waals surface area contributed by atoms with Crippen LogP contribution in [0.5, 0.6) is 0 Å². The molecule has 0 amide bonds. The van der Waals surface area contributed by atoms with E-state index >= 15 is 0 Å². The molecule has 2 rings (SSSR count). The van der Waals surface area contributed by atoms with Crippen LogP contribution in [0.3, 0.4) is 0 Å². The minimum Gasteiger partial charge on any atom is -0.302 e. The zero-order valence-corrected chi connectivity index (χ0v) is 13.7. The maximum atomic E-state index is 12.4. The fourth-order valence-corrected chi connectivity index (χ4v) is 2.85. The van der Waals surface area contributed by atoms with Gasteiger partial charge in [-0.05, 0) is 49.7 Å². The molecule has 3 heteroatoms. The summed E-state index contributed by atoms with van der Waals surface area (Å²) in [6, 6.07) is 7.52. The lowest BCUT2D eigenvalue weighted by atomic mass is 9.86. The lowest BCUT2D eigenvalue weighted by Crippen LogP contribution is -2.41. The zero-order chi connectivity index (χ0) is 15.3. The second-order valence-electron chi connectivity index (χ2n) is 6.47. The number of hydrogen-bond acceptors (Lipinski definition) is 2. The van der Waals surface area contributed by atoms with Gasteiger partial charge in [-0.25, -0.2) is 0 Å². The maximum Gasteiger partial charge on any atom is 0.162 e. The van der Waals surface area contributed by atoms with E-state index in [2.05, 4.69) is 4.90 Å². The number of ketones is 1. The topological polar surface area (TPSA) is 20.3 Å². The number of likely N-dealkylation sites (tertiary alicyclic amines) is 1. The van der Waals surface area contributed by atoms with Crippen molar-refractivity contribution in [2.75, 3.05) is 19.6 Å². The first-order chi connectivity index (χ1) is 9.97. The Labute approximate surface area is 132 Å². The molecule has 0 unspecified atom stereocenters. The average Bonchev–Trinajstić information content (AvgIpc) is 2.47. The number of hydrogen-bond donors (Lipinski definition) is 0. The molecule has 0 saturated carbocycles. The van der Waals surface area contributed by atoms with Crippen LogP contribution in [0.25, 0.3) is 6.08 Å². The standard InChI is InChI=1S/C18H24ClNO/c1-18(2,14-20-12-4-3-5-13-20)17(21)11-8-15-6-9-16(19)10-7-15/h6-11H,3-5,12-14H2,1-2H3/b11-8+. The van der Waals surface area contributed by atoms with Crippen LogP contribution in [0, 0.1) is 5.41 Å². The fraction of sp³-hybridized carbons (Fsp3) is 0.500. The van der Waals surface area contributed by atoms with E-state index in [-0.39, 0.29) is 11.2 Å². The van der Waals surface area contributed by atoms with Crippen LogP contribution in [0.4, 0.5) is 0 Å². The Morgan fingerprint density at radius 2 is 1.81 bits per heavy atom. The van der Waals surface area contributed by atoms with Gasteiger partial charge >= 0.3 is 0 Å². The third-order valence-electron chi connectivity index (χ3n) is 4.03. The van der Waals surface area contributed by atoms with E-state index < -0.39 is 0 Å². The summed E-state index contributed by atoms with van der Waals surface area (Å²) >= 11 is 5.86. The van der Waals surface area contributed by atoms with Gasteiger partial charge < -0.3 is 4.90 Å². The van der Waals surface area contributed by atoms with Gasteiger partial charge in [-0.3, -0.25) is 4.79 Å². The summed E-state index contributed by atoms with van der Waals surface area (Å²) in [6.07, 6.45) is 7.40. The van der Waals surface area contributed by atoms with Crippen LogP contribution in [-0.2, 0) is 4.79 Å². The normalized spacial score (nSPS) is 17.3. The van der Waals surface area contributed by atoms with Crippen molar-refractivity contribution in [3.63, 3.8) is 0 Å². The van der Waals surface area contributed by atoms with Crippen LogP contribution in [0.2, 0.25) is 5.02 Å². The quantitative estimate of drug-likeness (QED) is 0.750. The van der Waals surface area contributed by atoms with Gasteiger partial charge in [0.25, 0.3) is 0 Å². The lowest BCUT2D eigenvalue weighted by Gasteiger charge is -2.33. The van der Waals surface area contributed by atoms with E-state index in [9.17, 15) is 4.79 Å². The average molecular weight is 306 g/mol. The predicted octanol–water partition coefficient (Wildman–Crippen LogP) is 4.43. The highest BCUT2D eigenvalue weighted by Crippen LogP contribution is 2.22. The fourth-order valence-electron chi connectivity index (χ4n) is 2.73. The zero-order valence-electron chi connectivity index (χ0n) is 12.9. The molecule has 1 saturated heterocycles. The van der Waals surface area contributed by atoms with E-state index in [1.165, 1.54) is 19.3 Å². The Morgan fingerprint density at radius 3 is 2.43 bits per heavy atom. The number of allylic oxidation sites excluding steroid dienone is 1. The summed E-state index contributed by atoms with van der Waals surface area (Å²) in [5.74, 6) is 0.183. The first-order valence-corrected chi connectivity index (χ1v) is 8.06. The molecule has 0 N–H and O–H groups in total. The first-order valence-electron chi connectivity index (χ1n) is 7.68. The van der Waals surface area contributed by atoms with Crippen molar-refractivity contribution in [2.24, 2.45) is 5.41 Å². The summed E-state index contributed by atoms with van der Waals surface area (Å²) in [5.41, 5.74) is 0.668. The van der Waals surface area contributed by atoms with Gasteiger partial charge in [0.1, 0.15) is 0 Å². The van der Waals surface area contributed by atoms with E-state index in [1.807, 2.05) is 44.2 Å². The van der Waals surface area contributed by atoms with Crippen LogP contribution in [-0.4, -0.2) is 30.3 Å². The van der Waals surface area contributed by atoms with Crippen molar-refractivity contribution >= 4 is 23.5 Å². The summed E-state index contributed by atoms with van der Waals surface area (Å²) < 4.78 is 0. The SMILES string of the molecule is CC(C)(CN1CCCCC1)C(=O)/C=C/c1ccc(Cl)cc1. The minimum atomic E-state index is -0.333. The van der Waals surface area contributed by atoms with E-state index in [4.69, 9.17) is 11.6 Å². The molecule has 0 aliphatic carbocycles. The number of carbonyl (C=O) groups is 1. The summed E-state index contributed by atoms with van der Waals surface area (Å²) in [7, 11) is 0. The van der Waals surface area contributed by atoms with E-state index in [0.717, 1.165) is 25.2 Å². The highest BCUT2D eigenvalue weighted by Gasteiger charge is 2.28. The van der Waals surface area contributed by atoms with Crippen molar-refractivity contribution in [3.05, 3.63) is 40.9 Å². The third kappa shape index (κ3) is 4.98. The Kier molecular flexibility index (Phi) is 5.60. The molecule has 0 aromatic heterocycles. The molecule has 1 heterocycles. The van der Waals surface area contributed by atoms with Gasteiger partial charge in [-0.2, -0.15) is 0 Å². The molecule has 1 aliphatic heterocycles. The van der Waals surface area contributed by atoms with Gasteiger partial charge in [0, 0.05) is 17.0 Å². The third-order valence-corrected chi connectivity index (χ3v) is 4.28. The second-order valence-corrected chi connectivity index (χ2v) is 6.91. The monoisotopic (exact) mass is 305 g/mol. The minimum absolute atomic E-state index is 0.183. The number of piperidine rings is 1. The van der Waals surface area contributed by atoms with E-state index in [0.29, 0.717) is 5.02 Å². The number of halogens is 1. The molecule has 1 aromatic carbocycles. The van der Waals surface area contributed by atoms with Crippen LogP contribution in [0.1, 0.15) is 38.7 Å². The Balaban J connectivity index is 1.95. The van der Waals surface area contributed by atoms with Crippen molar-refractivity contribution in [1.29, 1.82) is 0 Å². The largest absolute Gasteiger partial charge is 0.302 e. The molecule has 21 heavy (non-hydrogen) atoms. The van der Waals surface area contributed by atoms with Crippen molar-refractivity contribution < 1.29 is 4.79 Å². The summed E-state index contributed by atoms with van der Waals surface area (Å²) in [4.78, 5) is 14.9. The van der Waals surface area contributed by atoms with Crippen LogP contribution < -0.4 is 0 Å². The Hall–Kier alpha value is -1.12. The molecular weight excluding hydrogens is 282 g/mol. The van der Waals surface area contributed by atoms with Gasteiger partial charge in [0.05, 0.1) is 0 Å². The molecule has 114 valence electrons. The molecule has 0 atom stereocenters. The Morgan fingerprint density at radius 1 is 1.19 bits per heavy atom. The number of benzene rings is 1. The summed E-state index contributed by atoms with van der Waals surface area (Å²) in [6.45, 7) is 7.16. The number of rotatable bonds is 5. The number of nitrogens with zero attached hydrogens (tertiary/aromatic N) is 1. The second kappa shape index (κ2) is 7.24. The van der Waals surface area contributed by atoms with Crippen LogP contribution in [0.15, 0.2) is 30.3 Å². The van der Waals surface area contributed by atoms with Crippen molar-refractivity contribution in [3.8, 4) is 0 Å². The Bertz CT molecular complexity index is 498. The van der Waals surface area contributed by atoms with Crippen LogP contribution >= 0.6 is 11.6 Å². The highest BCUT2D eigenvalue weighted by molar-refractivity contribution is 6.30.